The van der Waals surface area contributed by atoms with Crippen molar-refractivity contribution in [1.82, 2.24) is 10.3 Å². The van der Waals surface area contributed by atoms with Gasteiger partial charge in [0.2, 0.25) is 5.91 Å². The van der Waals surface area contributed by atoms with E-state index in [1.165, 1.54) is 18.3 Å². The van der Waals surface area contributed by atoms with Crippen LogP contribution in [0.2, 0.25) is 0 Å². The molecule has 0 saturated carbocycles. The zero-order valence-corrected chi connectivity index (χ0v) is 11.2. The minimum atomic E-state index is -0.164. The molecule has 2 aromatic rings. The van der Waals surface area contributed by atoms with E-state index in [4.69, 9.17) is 0 Å². The maximum Gasteiger partial charge on any atom is 0.251 e. The Balaban J connectivity index is 1.93. The molecule has 0 aliphatic heterocycles. The van der Waals surface area contributed by atoms with Crippen molar-refractivity contribution in [2.45, 2.75) is 13.5 Å². The standard InChI is InChI=1S/C13H13N3O2S/c1-9(17)16-11-4-2-10(3-5-11)13(18)14-6-12-7-19-8-15-12/h2-5,7-8H,6H2,1H3,(H,14,18)(H,16,17). The summed E-state index contributed by atoms with van der Waals surface area (Å²) in [5.74, 6) is -0.303. The summed E-state index contributed by atoms with van der Waals surface area (Å²) < 4.78 is 0. The van der Waals surface area contributed by atoms with Gasteiger partial charge in [-0.25, -0.2) is 4.98 Å². The van der Waals surface area contributed by atoms with Gasteiger partial charge in [-0.05, 0) is 24.3 Å². The first-order valence-corrected chi connectivity index (χ1v) is 6.62. The van der Waals surface area contributed by atoms with E-state index in [1.54, 1.807) is 29.8 Å². The first-order valence-electron chi connectivity index (χ1n) is 5.68. The number of carbonyl (C=O) groups excluding carboxylic acids is 2. The number of nitrogens with one attached hydrogen (secondary N) is 2. The lowest BCUT2D eigenvalue weighted by Gasteiger charge is -2.05. The molecule has 2 amide bonds. The monoisotopic (exact) mass is 275 g/mol. The van der Waals surface area contributed by atoms with Gasteiger partial charge in [0.25, 0.3) is 5.91 Å². The molecular weight excluding hydrogens is 262 g/mol. The first kappa shape index (κ1) is 13.2. The molecule has 0 aliphatic rings. The number of carbonyl (C=O) groups is 2. The van der Waals surface area contributed by atoms with E-state index in [9.17, 15) is 9.59 Å². The van der Waals surface area contributed by atoms with Crippen molar-refractivity contribution < 1.29 is 9.59 Å². The van der Waals surface area contributed by atoms with Crippen LogP contribution in [0.1, 0.15) is 23.0 Å². The van der Waals surface area contributed by atoms with Gasteiger partial charge in [-0.1, -0.05) is 0 Å². The third-order valence-corrected chi connectivity index (χ3v) is 3.02. The van der Waals surface area contributed by atoms with Crippen molar-refractivity contribution in [2.75, 3.05) is 5.32 Å². The van der Waals surface area contributed by atoms with Crippen LogP contribution in [0.15, 0.2) is 35.2 Å². The Morgan fingerprint density at radius 1 is 1.26 bits per heavy atom. The lowest BCUT2D eigenvalue weighted by atomic mass is 10.2. The van der Waals surface area contributed by atoms with Crippen LogP contribution < -0.4 is 10.6 Å². The van der Waals surface area contributed by atoms with Crippen LogP contribution in [-0.4, -0.2) is 16.8 Å². The lowest BCUT2D eigenvalue weighted by molar-refractivity contribution is -0.114. The van der Waals surface area contributed by atoms with Crippen molar-refractivity contribution >= 4 is 28.8 Å². The molecule has 0 atom stereocenters. The smallest absolute Gasteiger partial charge is 0.251 e. The molecule has 0 saturated heterocycles. The van der Waals surface area contributed by atoms with Gasteiger partial charge in [0.05, 0.1) is 17.7 Å². The molecule has 0 unspecified atom stereocenters. The van der Waals surface area contributed by atoms with Crippen LogP contribution in [0.3, 0.4) is 0 Å². The second kappa shape index (κ2) is 6.10. The number of hydrogen-bond acceptors (Lipinski definition) is 4. The van der Waals surface area contributed by atoms with Crippen molar-refractivity contribution in [1.29, 1.82) is 0 Å². The molecule has 6 heteroatoms. The summed E-state index contributed by atoms with van der Waals surface area (Å²) in [6.45, 7) is 1.85. The van der Waals surface area contributed by atoms with Crippen molar-refractivity contribution in [3.8, 4) is 0 Å². The summed E-state index contributed by atoms with van der Waals surface area (Å²) in [7, 11) is 0. The minimum Gasteiger partial charge on any atom is -0.346 e. The number of benzene rings is 1. The fourth-order valence-corrected chi connectivity index (χ4v) is 2.06. The van der Waals surface area contributed by atoms with Crippen LogP contribution in [-0.2, 0) is 11.3 Å². The van der Waals surface area contributed by atoms with Crippen molar-refractivity contribution in [3.63, 3.8) is 0 Å². The molecule has 1 heterocycles. The molecule has 0 spiro atoms. The molecule has 1 aromatic carbocycles. The predicted molar refractivity (Wildman–Crippen MR) is 74.0 cm³/mol. The van der Waals surface area contributed by atoms with Gasteiger partial charge in [-0.2, -0.15) is 0 Å². The van der Waals surface area contributed by atoms with E-state index in [1.807, 2.05) is 5.38 Å². The van der Waals surface area contributed by atoms with Gasteiger partial charge in [0, 0.05) is 23.6 Å². The average molecular weight is 275 g/mol. The molecule has 5 nitrogen and oxygen atoms in total. The fraction of sp³-hybridized carbons (Fsp3) is 0.154. The summed E-state index contributed by atoms with van der Waals surface area (Å²) in [5.41, 5.74) is 3.78. The van der Waals surface area contributed by atoms with E-state index in [-0.39, 0.29) is 11.8 Å². The molecule has 0 fully saturated rings. The highest BCUT2D eigenvalue weighted by atomic mass is 32.1. The molecule has 0 bridgehead atoms. The highest BCUT2D eigenvalue weighted by molar-refractivity contribution is 7.07. The predicted octanol–water partition coefficient (Wildman–Crippen LogP) is 2.03. The van der Waals surface area contributed by atoms with E-state index < -0.39 is 0 Å². The van der Waals surface area contributed by atoms with Gasteiger partial charge in [0.15, 0.2) is 0 Å². The molecule has 98 valence electrons. The molecule has 1 aromatic heterocycles. The second-order valence-electron chi connectivity index (χ2n) is 3.92. The Kier molecular flexibility index (Phi) is 4.25. The average Bonchev–Trinajstić information content (AvgIpc) is 2.89. The summed E-state index contributed by atoms with van der Waals surface area (Å²) in [6.07, 6.45) is 0. The molecule has 2 N–H and O–H groups in total. The van der Waals surface area contributed by atoms with Crippen LogP contribution >= 0.6 is 11.3 Å². The van der Waals surface area contributed by atoms with E-state index in [2.05, 4.69) is 15.6 Å². The number of hydrogen-bond donors (Lipinski definition) is 2. The largest absolute Gasteiger partial charge is 0.346 e. The highest BCUT2D eigenvalue weighted by Crippen LogP contribution is 2.09. The summed E-state index contributed by atoms with van der Waals surface area (Å²) >= 11 is 1.49. The van der Waals surface area contributed by atoms with Crippen molar-refractivity contribution in [3.05, 3.63) is 46.4 Å². The summed E-state index contributed by atoms with van der Waals surface area (Å²) in [6, 6.07) is 6.72. The lowest BCUT2D eigenvalue weighted by Crippen LogP contribution is -2.22. The Morgan fingerprint density at radius 3 is 2.58 bits per heavy atom. The molecule has 0 radical (unpaired) electrons. The third-order valence-electron chi connectivity index (χ3n) is 2.38. The van der Waals surface area contributed by atoms with Crippen LogP contribution in [0.4, 0.5) is 5.69 Å². The number of anilines is 1. The molecule has 19 heavy (non-hydrogen) atoms. The Morgan fingerprint density at radius 2 is 2.00 bits per heavy atom. The van der Waals surface area contributed by atoms with Gasteiger partial charge < -0.3 is 10.6 Å². The number of aromatic nitrogens is 1. The first-order chi connectivity index (χ1) is 9.15. The van der Waals surface area contributed by atoms with Gasteiger partial charge >= 0.3 is 0 Å². The van der Waals surface area contributed by atoms with E-state index >= 15 is 0 Å². The maximum absolute atomic E-state index is 11.9. The SMILES string of the molecule is CC(=O)Nc1ccc(C(=O)NCc2cscn2)cc1. The zero-order valence-electron chi connectivity index (χ0n) is 10.3. The van der Waals surface area contributed by atoms with Gasteiger partial charge in [-0.15, -0.1) is 11.3 Å². The van der Waals surface area contributed by atoms with Crippen LogP contribution in [0.25, 0.3) is 0 Å². The van der Waals surface area contributed by atoms with Crippen LogP contribution in [0.5, 0.6) is 0 Å². The van der Waals surface area contributed by atoms with Gasteiger partial charge in [-0.3, -0.25) is 9.59 Å². The Bertz CT molecular complexity index is 564. The second-order valence-corrected chi connectivity index (χ2v) is 4.64. The minimum absolute atomic E-state index is 0.138. The molecular formula is C13H13N3O2S. The third kappa shape index (κ3) is 3.89. The van der Waals surface area contributed by atoms with Crippen LogP contribution in [0, 0.1) is 0 Å². The molecule has 2 rings (SSSR count). The topological polar surface area (TPSA) is 71.1 Å². The van der Waals surface area contributed by atoms with Crippen molar-refractivity contribution in [2.24, 2.45) is 0 Å². The molecule has 0 aliphatic carbocycles. The fourth-order valence-electron chi connectivity index (χ4n) is 1.51. The number of thiazole rings is 1. The Hall–Kier alpha value is -2.21. The van der Waals surface area contributed by atoms with E-state index in [0.29, 0.717) is 17.8 Å². The number of nitrogens with zero attached hydrogens (tertiary/aromatic N) is 1. The quantitative estimate of drug-likeness (QED) is 0.897. The number of amides is 2. The van der Waals surface area contributed by atoms with Gasteiger partial charge in [0.1, 0.15) is 0 Å². The number of rotatable bonds is 4. The Labute approximate surface area is 114 Å². The highest BCUT2D eigenvalue weighted by Gasteiger charge is 2.06. The summed E-state index contributed by atoms with van der Waals surface area (Å²) in [4.78, 5) is 26.8. The maximum atomic E-state index is 11.9. The normalized spacial score (nSPS) is 9.95. The van der Waals surface area contributed by atoms with E-state index in [0.717, 1.165) is 5.69 Å². The zero-order chi connectivity index (χ0) is 13.7. The summed E-state index contributed by atoms with van der Waals surface area (Å²) in [5, 5.41) is 7.31.